The van der Waals surface area contributed by atoms with Crippen LogP contribution in [0, 0.1) is 12.7 Å². The molecular weight excluding hydrogens is 316 g/mol. The lowest BCUT2D eigenvalue weighted by atomic mass is 9.94. The first-order chi connectivity index (χ1) is 12.0. The van der Waals surface area contributed by atoms with E-state index in [2.05, 4.69) is 29.8 Å². The van der Waals surface area contributed by atoms with Gasteiger partial charge in [0.05, 0.1) is 5.56 Å². The van der Waals surface area contributed by atoms with Gasteiger partial charge in [0.15, 0.2) is 0 Å². The maximum Gasteiger partial charge on any atom is 0.256 e. The SMILES string of the molecule is [B]c1ccc(C(=O)N2CCN(c3ncc(CC)cc3C)CC2)c(F)c1. The lowest BCUT2D eigenvalue weighted by Gasteiger charge is -2.36. The van der Waals surface area contributed by atoms with Crippen molar-refractivity contribution in [2.75, 3.05) is 31.1 Å². The highest BCUT2D eigenvalue weighted by atomic mass is 19.1. The molecule has 0 spiro atoms. The second-order valence-electron chi connectivity index (χ2n) is 6.36. The molecule has 6 heteroatoms. The number of benzene rings is 1. The highest BCUT2D eigenvalue weighted by molar-refractivity contribution is 6.32. The minimum absolute atomic E-state index is 0.0734. The molecule has 1 aliphatic rings. The first-order valence-corrected chi connectivity index (χ1v) is 8.54. The zero-order valence-electron chi connectivity index (χ0n) is 14.6. The minimum atomic E-state index is -0.569. The van der Waals surface area contributed by atoms with Crippen molar-refractivity contribution in [1.82, 2.24) is 9.88 Å². The fourth-order valence-corrected chi connectivity index (χ4v) is 3.15. The zero-order chi connectivity index (χ0) is 18.0. The number of nitrogens with zero attached hydrogens (tertiary/aromatic N) is 3. The molecule has 0 bridgehead atoms. The molecule has 1 saturated heterocycles. The fraction of sp³-hybridized carbons (Fsp3) is 0.368. The molecule has 1 aliphatic heterocycles. The highest BCUT2D eigenvalue weighted by Gasteiger charge is 2.25. The van der Waals surface area contributed by atoms with Crippen molar-refractivity contribution in [1.29, 1.82) is 0 Å². The van der Waals surface area contributed by atoms with Crippen molar-refractivity contribution in [3.8, 4) is 0 Å². The van der Waals surface area contributed by atoms with Gasteiger partial charge in [0.1, 0.15) is 19.5 Å². The van der Waals surface area contributed by atoms with Gasteiger partial charge in [-0.1, -0.05) is 24.5 Å². The smallest absolute Gasteiger partial charge is 0.256 e. The van der Waals surface area contributed by atoms with Gasteiger partial charge in [-0.15, -0.1) is 0 Å². The second kappa shape index (κ2) is 7.25. The molecule has 1 aromatic carbocycles. The summed E-state index contributed by atoms with van der Waals surface area (Å²) in [6.07, 6.45) is 2.87. The van der Waals surface area contributed by atoms with Gasteiger partial charge < -0.3 is 9.80 Å². The molecule has 1 aromatic heterocycles. The largest absolute Gasteiger partial charge is 0.353 e. The first kappa shape index (κ1) is 17.5. The van der Waals surface area contributed by atoms with E-state index in [9.17, 15) is 9.18 Å². The van der Waals surface area contributed by atoms with Crippen molar-refractivity contribution < 1.29 is 9.18 Å². The van der Waals surface area contributed by atoms with Gasteiger partial charge >= 0.3 is 0 Å². The third-order valence-corrected chi connectivity index (χ3v) is 4.61. The quantitative estimate of drug-likeness (QED) is 0.802. The Kier molecular flexibility index (Phi) is 5.07. The molecule has 2 aromatic rings. The predicted molar refractivity (Wildman–Crippen MR) is 98.3 cm³/mol. The molecule has 2 heterocycles. The van der Waals surface area contributed by atoms with E-state index in [4.69, 9.17) is 7.85 Å². The Balaban J connectivity index is 1.68. The van der Waals surface area contributed by atoms with E-state index in [0.717, 1.165) is 17.8 Å². The molecule has 0 atom stereocenters. The number of anilines is 1. The van der Waals surface area contributed by atoms with E-state index < -0.39 is 5.82 Å². The lowest BCUT2D eigenvalue weighted by molar-refractivity contribution is 0.0742. The molecule has 0 saturated carbocycles. The number of carbonyl (C=O) groups excluding carboxylic acids is 1. The van der Waals surface area contributed by atoms with Crippen molar-refractivity contribution in [2.24, 2.45) is 0 Å². The third-order valence-electron chi connectivity index (χ3n) is 4.61. The average molecular weight is 337 g/mol. The van der Waals surface area contributed by atoms with Crippen LogP contribution in [0.4, 0.5) is 10.2 Å². The minimum Gasteiger partial charge on any atom is -0.353 e. The summed E-state index contributed by atoms with van der Waals surface area (Å²) in [5.74, 6) is 0.103. The maximum absolute atomic E-state index is 14.0. The van der Waals surface area contributed by atoms with Gasteiger partial charge in [0, 0.05) is 32.4 Å². The summed E-state index contributed by atoms with van der Waals surface area (Å²) in [6.45, 7) is 6.61. The van der Waals surface area contributed by atoms with Gasteiger partial charge in [-0.3, -0.25) is 4.79 Å². The molecule has 4 nitrogen and oxygen atoms in total. The van der Waals surface area contributed by atoms with Crippen LogP contribution < -0.4 is 10.4 Å². The Morgan fingerprint density at radius 3 is 2.56 bits per heavy atom. The van der Waals surface area contributed by atoms with E-state index in [1.165, 1.54) is 17.7 Å². The summed E-state index contributed by atoms with van der Waals surface area (Å²) in [4.78, 5) is 21.0. The van der Waals surface area contributed by atoms with Crippen LogP contribution in [-0.2, 0) is 6.42 Å². The molecule has 3 rings (SSSR count). The van der Waals surface area contributed by atoms with Gasteiger partial charge in [0.2, 0.25) is 0 Å². The maximum atomic E-state index is 14.0. The number of rotatable bonds is 3. The summed E-state index contributed by atoms with van der Waals surface area (Å²) in [5, 5.41) is 0. The van der Waals surface area contributed by atoms with Crippen LogP contribution in [0.25, 0.3) is 0 Å². The van der Waals surface area contributed by atoms with Crippen LogP contribution in [0.15, 0.2) is 30.5 Å². The monoisotopic (exact) mass is 337 g/mol. The average Bonchev–Trinajstić information content (AvgIpc) is 2.61. The third kappa shape index (κ3) is 3.68. The normalized spacial score (nSPS) is 14.7. The van der Waals surface area contributed by atoms with Crippen molar-refractivity contribution in [3.63, 3.8) is 0 Å². The summed E-state index contributed by atoms with van der Waals surface area (Å²) in [5.41, 5.74) is 2.75. The number of halogens is 1. The Morgan fingerprint density at radius 1 is 1.24 bits per heavy atom. The van der Waals surface area contributed by atoms with Crippen LogP contribution in [0.1, 0.15) is 28.4 Å². The number of hydrogen-bond acceptors (Lipinski definition) is 3. The van der Waals surface area contributed by atoms with Crippen LogP contribution in [0.2, 0.25) is 0 Å². The number of aromatic nitrogens is 1. The van der Waals surface area contributed by atoms with E-state index >= 15 is 0 Å². The Hall–Kier alpha value is -2.37. The number of hydrogen-bond donors (Lipinski definition) is 0. The predicted octanol–water partition coefficient (Wildman–Crippen LogP) is 1.85. The standard InChI is InChI=1S/C19H21BFN3O/c1-3-14-10-13(2)18(22-12-14)23-6-8-24(9-7-23)19(25)16-5-4-15(20)11-17(16)21/h4-5,10-12H,3,6-9H2,1-2H3. The molecule has 128 valence electrons. The highest BCUT2D eigenvalue weighted by Crippen LogP contribution is 2.20. The van der Waals surface area contributed by atoms with Crippen LogP contribution in [-0.4, -0.2) is 49.8 Å². The first-order valence-electron chi connectivity index (χ1n) is 8.54. The number of aryl methyl sites for hydroxylation is 2. The van der Waals surface area contributed by atoms with Crippen molar-refractivity contribution in [2.45, 2.75) is 20.3 Å². The molecule has 0 aliphatic carbocycles. The van der Waals surface area contributed by atoms with E-state index in [-0.39, 0.29) is 11.5 Å². The fourth-order valence-electron chi connectivity index (χ4n) is 3.15. The lowest BCUT2D eigenvalue weighted by Crippen LogP contribution is -2.49. The van der Waals surface area contributed by atoms with E-state index in [1.807, 2.05) is 6.20 Å². The van der Waals surface area contributed by atoms with Crippen molar-refractivity contribution in [3.05, 3.63) is 53.0 Å². The van der Waals surface area contributed by atoms with Gasteiger partial charge in [-0.2, -0.15) is 0 Å². The zero-order valence-corrected chi connectivity index (χ0v) is 14.6. The number of amides is 1. The molecule has 25 heavy (non-hydrogen) atoms. The topological polar surface area (TPSA) is 36.4 Å². The molecule has 0 N–H and O–H groups in total. The van der Waals surface area contributed by atoms with Crippen molar-refractivity contribution >= 4 is 25.0 Å². The number of pyridine rings is 1. The Morgan fingerprint density at radius 2 is 1.96 bits per heavy atom. The summed E-state index contributed by atoms with van der Waals surface area (Å²) in [7, 11) is 5.54. The van der Waals surface area contributed by atoms with Gasteiger partial charge in [-0.25, -0.2) is 9.37 Å². The Labute approximate surface area is 149 Å². The number of piperazine rings is 1. The summed E-state index contributed by atoms with van der Waals surface area (Å²) < 4.78 is 14.0. The van der Waals surface area contributed by atoms with Gasteiger partial charge in [0.25, 0.3) is 5.91 Å². The summed E-state index contributed by atoms with van der Waals surface area (Å²) in [6, 6.07) is 6.35. The van der Waals surface area contributed by atoms with Crippen LogP contribution in [0.3, 0.4) is 0 Å². The second-order valence-corrected chi connectivity index (χ2v) is 6.36. The van der Waals surface area contributed by atoms with Crippen LogP contribution >= 0.6 is 0 Å². The van der Waals surface area contributed by atoms with Crippen LogP contribution in [0.5, 0.6) is 0 Å². The summed E-state index contributed by atoms with van der Waals surface area (Å²) >= 11 is 0. The molecule has 1 amide bonds. The molecular formula is C19H21BFN3O. The molecule has 1 fully saturated rings. The number of carbonyl (C=O) groups is 1. The van der Waals surface area contributed by atoms with E-state index in [0.29, 0.717) is 31.6 Å². The molecule has 0 unspecified atom stereocenters. The Bertz CT molecular complexity index is 788. The molecule has 2 radical (unpaired) electrons. The van der Waals surface area contributed by atoms with Gasteiger partial charge in [-0.05, 0) is 36.6 Å². The van der Waals surface area contributed by atoms with E-state index in [1.54, 1.807) is 11.0 Å².